The minimum atomic E-state index is -0.0908. The highest BCUT2D eigenvalue weighted by molar-refractivity contribution is 9.10. The number of alkyl halides is 1. The first-order valence-corrected chi connectivity index (χ1v) is 5.91. The van der Waals surface area contributed by atoms with E-state index in [1.807, 2.05) is 26.0 Å². The van der Waals surface area contributed by atoms with Crippen molar-refractivity contribution in [3.8, 4) is 0 Å². The second kappa shape index (κ2) is 5.52. The molecule has 0 aromatic heterocycles. The van der Waals surface area contributed by atoms with Gasteiger partial charge in [0, 0.05) is 22.0 Å². The van der Waals surface area contributed by atoms with E-state index in [2.05, 4.69) is 21.2 Å². The summed E-state index contributed by atoms with van der Waals surface area (Å²) in [6, 6.07) is 5.60. The molecule has 0 heterocycles. The van der Waals surface area contributed by atoms with E-state index in [0.717, 1.165) is 10.0 Å². The number of benzene rings is 1. The van der Waals surface area contributed by atoms with Crippen molar-refractivity contribution in [3.05, 3.63) is 33.8 Å². The molecule has 0 fully saturated rings. The topological polar surface area (TPSA) is 29.1 Å². The van der Waals surface area contributed by atoms with Crippen LogP contribution in [-0.4, -0.2) is 17.8 Å². The summed E-state index contributed by atoms with van der Waals surface area (Å²) in [5.41, 5.74) is 1.70. The van der Waals surface area contributed by atoms with Crippen LogP contribution in [0.15, 0.2) is 22.7 Å². The average Bonchev–Trinajstić information content (AvgIpc) is 2.12. The first-order chi connectivity index (χ1) is 6.99. The minimum absolute atomic E-state index is 0.0535. The molecule has 1 aromatic carbocycles. The van der Waals surface area contributed by atoms with Crippen LogP contribution in [0.5, 0.6) is 0 Å². The van der Waals surface area contributed by atoms with Crippen LogP contribution < -0.4 is 5.32 Å². The molecule has 1 aromatic rings. The van der Waals surface area contributed by atoms with Gasteiger partial charge in [0.2, 0.25) is 0 Å². The lowest BCUT2D eigenvalue weighted by atomic mass is 10.1. The lowest BCUT2D eigenvalue weighted by molar-refractivity contribution is 0.0954. The fourth-order valence-corrected chi connectivity index (χ4v) is 1.89. The second-order valence-corrected chi connectivity index (χ2v) is 5.17. The third-order valence-corrected chi connectivity index (χ3v) is 2.46. The van der Waals surface area contributed by atoms with Crippen molar-refractivity contribution < 1.29 is 4.79 Å². The molecule has 1 atom stereocenters. The molecular formula is C11H13BrClNO. The van der Waals surface area contributed by atoms with Crippen molar-refractivity contribution >= 4 is 33.4 Å². The highest BCUT2D eigenvalue weighted by Crippen LogP contribution is 2.15. The Morgan fingerprint density at radius 3 is 2.73 bits per heavy atom. The van der Waals surface area contributed by atoms with E-state index in [0.29, 0.717) is 12.1 Å². The molecule has 2 nitrogen and oxygen atoms in total. The summed E-state index contributed by atoms with van der Waals surface area (Å²) in [6.45, 7) is 4.27. The molecular weight excluding hydrogens is 277 g/mol. The van der Waals surface area contributed by atoms with Gasteiger partial charge in [0.15, 0.2) is 0 Å². The first kappa shape index (κ1) is 12.5. The molecule has 1 rings (SSSR count). The standard InChI is InChI=1S/C11H13BrClNO/c1-7-3-9(5-10(12)4-7)11(15)14-6-8(2)13/h3-5,8H,6H2,1-2H3,(H,14,15). The SMILES string of the molecule is Cc1cc(Br)cc(C(=O)NCC(C)Cl)c1. The monoisotopic (exact) mass is 289 g/mol. The zero-order chi connectivity index (χ0) is 11.4. The number of carbonyl (C=O) groups is 1. The molecule has 15 heavy (non-hydrogen) atoms. The van der Waals surface area contributed by atoms with Crippen LogP contribution in [0.1, 0.15) is 22.8 Å². The molecule has 0 aliphatic heterocycles. The maximum atomic E-state index is 11.7. The van der Waals surface area contributed by atoms with E-state index >= 15 is 0 Å². The van der Waals surface area contributed by atoms with E-state index in [1.165, 1.54) is 0 Å². The summed E-state index contributed by atoms with van der Waals surface area (Å²) in [6.07, 6.45) is 0. The number of hydrogen-bond donors (Lipinski definition) is 1. The number of aryl methyl sites for hydroxylation is 1. The molecule has 1 amide bonds. The summed E-state index contributed by atoms with van der Waals surface area (Å²) in [4.78, 5) is 11.7. The van der Waals surface area contributed by atoms with Crippen LogP contribution in [0.3, 0.4) is 0 Å². The fraction of sp³-hybridized carbons (Fsp3) is 0.364. The molecule has 0 bridgehead atoms. The van der Waals surface area contributed by atoms with Gasteiger partial charge < -0.3 is 5.32 Å². The van der Waals surface area contributed by atoms with Crippen molar-refractivity contribution in [2.45, 2.75) is 19.2 Å². The van der Waals surface area contributed by atoms with Crippen molar-refractivity contribution in [1.82, 2.24) is 5.32 Å². The molecule has 0 aliphatic carbocycles. The minimum Gasteiger partial charge on any atom is -0.351 e. The number of rotatable bonds is 3. The van der Waals surface area contributed by atoms with Gasteiger partial charge in [0.25, 0.3) is 5.91 Å². The Kier molecular flexibility index (Phi) is 4.61. The van der Waals surface area contributed by atoms with Gasteiger partial charge >= 0.3 is 0 Å². The molecule has 0 spiro atoms. The lowest BCUT2D eigenvalue weighted by Crippen LogP contribution is -2.28. The van der Waals surface area contributed by atoms with Crippen LogP contribution in [0.2, 0.25) is 0 Å². The molecule has 0 aliphatic rings. The fourth-order valence-electron chi connectivity index (χ4n) is 1.20. The van der Waals surface area contributed by atoms with Gasteiger partial charge in [-0.3, -0.25) is 4.79 Å². The van der Waals surface area contributed by atoms with Crippen LogP contribution in [0.4, 0.5) is 0 Å². The number of carbonyl (C=O) groups excluding carboxylic acids is 1. The third-order valence-electron chi connectivity index (χ3n) is 1.85. The normalized spacial score (nSPS) is 12.3. The summed E-state index contributed by atoms with van der Waals surface area (Å²) in [5.74, 6) is -0.0908. The van der Waals surface area contributed by atoms with Gasteiger partial charge in [-0.1, -0.05) is 15.9 Å². The smallest absolute Gasteiger partial charge is 0.251 e. The van der Waals surface area contributed by atoms with E-state index in [-0.39, 0.29) is 11.3 Å². The van der Waals surface area contributed by atoms with Crippen molar-refractivity contribution in [3.63, 3.8) is 0 Å². The van der Waals surface area contributed by atoms with E-state index < -0.39 is 0 Å². The second-order valence-electron chi connectivity index (χ2n) is 3.51. The number of hydrogen-bond acceptors (Lipinski definition) is 1. The van der Waals surface area contributed by atoms with Gasteiger partial charge in [-0.05, 0) is 37.6 Å². The molecule has 1 N–H and O–H groups in total. The number of amides is 1. The van der Waals surface area contributed by atoms with Crippen molar-refractivity contribution in [2.24, 2.45) is 0 Å². The zero-order valence-corrected chi connectivity index (χ0v) is 11.0. The Morgan fingerprint density at radius 1 is 1.53 bits per heavy atom. The number of halogens is 2. The highest BCUT2D eigenvalue weighted by Gasteiger charge is 2.07. The predicted octanol–water partition coefficient (Wildman–Crippen LogP) is 3.11. The Labute approximate surface area is 103 Å². The van der Waals surface area contributed by atoms with Gasteiger partial charge in [0.1, 0.15) is 0 Å². The summed E-state index contributed by atoms with van der Waals surface area (Å²) >= 11 is 9.10. The summed E-state index contributed by atoms with van der Waals surface area (Å²) < 4.78 is 0.909. The molecule has 4 heteroatoms. The Morgan fingerprint density at radius 2 is 2.20 bits per heavy atom. The maximum Gasteiger partial charge on any atom is 0.251 e. The van der Waals surface area contributed by atoms with Crippen LogP contribution in [-0.2, 0) is 0 Å². The van der Waals surface area contributed by atoms with E-state index in [9.17, 15) is 4.79 Å². The first-order valence-electron chi connectivity index (χ1n) is 4.68. The maximum absolute atomic E-state index is 11.7. The molecule has 0 radical (unpaired) electrons. The molecule has 0 saturated heterocycles. The summed E-state index contributed by atoms with van der Waals surface area (Å²) in [7, 11) is 0. The third kappa shape index (κ3) is 4.22. The Balaban J connectivity index is 2.73. The molecule has 82 valence electrons. The predicted molar refractivity (Wildman–Crippen MR) is 66.5 cm³/mol. The van der Waals surface area contributed by atoms with Crippen molar-refractivity contribution in [1.29, 1.82) is 0 Å². The van der Waals surface area contributed by atoms with Crippen molar-refractivity contribution in [2.75, 3.05) is 6.54 Å². The van der Waals surface area contributed by atoms with Gasteiger partial charge in [0.05, 0.1) is 0 Å². The average molecular weight is 291 g/mol. The van der Waals surface area contributed by atoms with E-state index in [4.69, 9.17) is 11.6 Å². The zero-order valence-electron chi connectivity index (χ0n) is 8.68. The Bertz CT molecular complexity index is 345. The number of nitrogens with one attached hydrogen (secondary N) is 1. The van der Waals surface area contributed by atoms with Gasteiger partial charge in [-0.25, -0.2) is 0 Å². The Hall–Kier alpha value is -0.540. The molecule has 0 saturated carbocycles. The lowest BCUT2D eigenvalue weighted by Gasteiger charge is -2.07. The van der Waals surface area contributed by atoms with Crippen LogP contribution in [0, 0.1) is 6.92 Å². The quantitative estimate of drug-likeness (QED) is 0.852. The van der Waals surface area contributed by atoms with Crippen LogP contribution >= 0.6 is 27.5 Å². The molecule has 1 unspecified atom stereocenters. The van der Waals surface area contributed by atoms with E-state index in [1.54, 1.807) is 6.07 Å². The van der Waals surface area contributed by atoms with Crippen LogP contribution in [0.25, 0.3) is 0 Å². The largest absolute Gasteiger partial charge is 0.351 e. The summed E-state index contributed by atoms with van der Waals surface area (Å²) in [5, 5.41) is 2.71. The van der Waals surface area contributed by atoms with Gasteiger partial charge in [-0.15, -0.1) is 11.6 Å². The highest BCUT2D eigenvalue weighted by atomic mass is 79.9. The van der Waals surface area contributed by atoms with Gasteiger partial charge in [-0.2, -0.15) is 0 Å².